The van der Waals surface area contributed by atoms with Crippen molar-refractivity contribution in [3.8, 4) is 0 Å². The second kappa shape index (κ2) is 6.73. The molecule has 0 aliphatic carbocycles. The molecule has 5 nitrogen and oxygen atoms in total. The van der Waals surface area contributed by atoms with Crippen LogP contribution >= 0.6 is 0 Å². The third-order valence-electron chi connectivity index (χ3n) is 3.83. The van der Waals surface area contributed by atoms with Crippen molar-refractivity contribution in [1.29, 1.82) is 0 Å². The molecule has 0 aromatic carbocycles. The maximum absolute atomic E-state index is 12.0. The van der Waals surface area contributed by atoms with Gasteiger partial charge in [-0.25, -0.2) is 0 Å². The van der Waals surface area contributed by atoms with E-state index in [2.05, 4.69) is 0 Å². The van der Waals surface area contributed by atoms with Crippen LogP contribution in [0.4, 0.5) is 0 Å². The number of piperidine rings is 1. The number of carboxylic acid groups (broad SMARTS) is 1. The molecule has 1 rings (SSSR count). The van der Waals surface area contributed by atoms with Gasteiger partial charge in [-0.15, -0.1) is 0 Å². The predicted molar refractivity (Wildman–Crippen MR) is 69.0 cm³/mol. The molecule has 0 aromatic rings. The van der Waals surface area contributed by atoms with E-state index < -0.39 is 12.0 Å². The second-order valence-electron chi connectivity index (χ2n) is 5.28. The Balaban J connectivity index is 2.55. The lowest BCUT2D eigenvalue weighted by atomic mass is 9.84. The molecule has 104 valence electrons. The first-order valence-corrected chi connectivity index (χ1v) is 6.71. The van der Waals surface area contributed by atoms with E-state index in [4.69, 9.17) is 10.8 Å². The molecule has 0 bridgehead atoms. The molecule has 3 atom stereocenters. The quantitative estimate of drug-likeness (QED) is 0.770. The minimum atomic E-state index is -0.767. The minimum absolute atomic E-state index is 0.00438. The molecule has 1 fully saturated rings. The van der Waals surface area contributed by atoms with E-state index in [1.54, 1.807) is 4.90 Å². The average molecular weight is 256 g/mol. The second-order valence-corrected chi connectivity index (χ2v) is 5.28. The summed E-state index contributed by atoms with van der Waals surface area (Å²) in [6, 6.07) is -0.418. The largest absolute Gasteiger partial charge is 0.481 e. The average Bonchev–Trinajstić information content (AvgIpc) is 2.36. The Labute approximate surface area is 108 Å². The highest BCUT2D eigenvalue weighted by Crippen LogP contribution is 2.26. The number of hydrogen-bond donors (Lipinski definition) is 2. The van der Waals surface area contributed by atoms with Crippen molar-refractivity contribution in [1.82, 2.24) is 4.90 Å². The summed E-state index contributed by atoms with van der Waals surface area (Å²) >= 11 is 0. The number of amides is 1. The summed E-state index contributed by atoms with van der Waals surface area (Å²) in [5.74, 6) is -0.375. The van der Waals surface area contributed by atoms with Gasteiger partial charge in [-0.05, 0) is 31.1 Å². The van der Waals surface area contributed by atoms with E-state index in [1.165, 1.54) is 0 Å². The topological polar surface area (TPSA) is 83.6 Å². The SMILES string of the molecule is CCC(N)C(=O)N1CCCC(C(C)CC(=O)O)C1. The molecule has 0 aromatic heterocycles. The molecule has 18 heavy (non-hydrogen) atoms. The summed E-state index contributed by atoms with van der Waals surface area (Å²) in [4.78, 5) is 24.5. The van der Waals surface area contributed by atoms with Crippen molar-refractivity contribution in [3.63, 3.8) is 0 Å². The number of carboxylic acids is 1. The highest BCUT2D eigenvalue weighted by Gasteiger charge is 2.29. The van der Waals surface area contributed by atoms with Crippen molar-refractivity contribution in [2.45, 2.75) is 45.6 Å². The number of carbonyl (C=O) groups excluding carboxylic acids is 1. The van der Waals surface area contributed by atoms with Gasteiger partial charge < -0.3 is 15.7 Å². The summed E-state index contributed by atoms with van der Waals surface area (Å²) in [5.41, 5.74) is 5.76. The summed E-state index contributed by atoms with van der Waals surface area (Å²) < 4.78 is 0. The fraction of sp³-hybridized carbons (Fsp3) is 0.846. The third-order valence-corrected chi connectivity index (χ3v) is 3.83. The molecule has 3 N–H and O–H groups in total. The zero-order valence-electron chi connectivity index (χ0n) is 11.3. The van der Waals surface area contributed by atoms with Gasteiger partial charge in [0.05, 0.1) is 6.04 Å². The molecule has 0 spiro atoms. The number of nitrogens with zero attached hydrogens (tertiary/aromatic N) is 1. The van der Waals surface area contributed by atoms with E-state index in [9.17, 15) is 9.59 Å². The zero-order chi connectivity index (χ0) is 13.7. The van der Waals surface area contributed by atoms with Gasteiger partial charge >= 0.3 is 5.97 Å². The fourth-order valence-corrected chi connectivity index (χ4v) is 2.53. The fourth-order valence-electron chi connectivity index (χ4n) is 2.53. The zero-order valence-corrected chi connectivity index (χ0v) is 11.3. The van der Waals surface area contributed by atoms with Crippen molar-refractivity contribution in [2.75, 3.05) is 13.1 Å². The summed E-state index contributed by atoms with van der Waals surface area (Å²) in [5, 5.41) is 8.82. The van der Waals surface area contributed by atoms with Crippen LogP contribution in [0.5, 0.6) is 0 Å². The lowest BCUT2D eigenvalue weighted by molar-refractivity contribution is -0.138. The van der Waals surface area contributed by atoms with Crippen molar-refractivity contribution < 1.29 is 14.7 Å². The number of likely N-dealkylation sites (tertiary alicyclic amines) is 1. The first-order chi connectivity index (χ1) is 8.45. The maximum Gasteiger partial charge on any atom is 0.303 e. The summed E-state index contributed by atoms with van der Waals surface area (Å²) in [6.07, 6.45) is 2.76. The number of aliphatic carboxylic acids is 1. The molecule has 3 unspecified atom stereocenters. The van der Waals surface area contributed by atoms with E-state index in [0.717, 1.165) is 19.4 Å². The molecular weight excluding hydrogens is 232 g/mol. The minimum Gasteiger partial charge on any atom is -0.481 e. The highest BCUT2D eigenvalue weighted by molar-refractivity contribution is 5.81. The summed E-state index contributed by atoms with van der Waals surface area (Å²) in [7, 11) is 0. The predicted octanol–water partition coefficient (Wildman–Crippen LogP) is 1.07. The van der Waals surface area contributed by atoms with Crippen LogP contribution in [0.2, 0.25) is 0 Å². The maximum atomic E-state index is 12.0. The van der Waals surface area contributed by atoms with E-state index in [1.807, 2.05) is 13.8 Å². The normalized spacial score (nSPS) is 23.5. The number of nitrogens with two attached hydrogens (primary N) is 1. The number of carbonyl (C=O) groups is 2. The molecule has 1 amide bonds. The Kier molecular flexibility index (Phi) is 5.59. The van der Waals surface area contributed by atoms with Crippen LogP contribution in [0.15, 0.2) is 0 Å². The lowest BCUT2D eigenvalue weighted by Gasteiger charge is -2.36. The molecule has 1 aliphatic rings. The number of rotatable bonds is 5. The van der Waals surface area contributed by atoms with Gasteiger partial charge in [-0.3, -0.25) is 9.59 Å². The molecule has 0 radical (unpaired) electrons. The van der Waals surface area contributed by atoms with E-state index in [0.29, 0.717) is 13.0 Å². The Hall–Kier alpha value is -1.10. The smallest absolute Gasteiger partial charge is 0.303 e. The monoisotopic (exact) mass is 256 g/mol. The molecule has 5 heteroatoms. The molecule has 1 saturated heterocycles. The first kappa shape index (κ1) is 15.0. The summed E-state index contributed by atoms with van der Waals surface area (Å²) in [6.45, 7) is 5.26. The van der Waals surface area contributed by atoms with Crippen molar-refractivity contribution in [2.24, 2.45) is 17.6 Å². The van der Waals surface area contributed by atoms with Crippen molar-refractivity contribution in [3.05, 3.63) is 0 Å². The van der Waals surface area contributed by atoms with Crippen LogP contribution in [-0.2, 0) is 9.59 Å². The molecular formula is C13H24N2O3. The third kappa shape index (κ3) is 3.98. The van der Waals surface area contributed by atoms with Crippen LogP contribution in [-0.4, -0.2) is 41.0 Å². The standard InChI is InChI=1S/C13H24N2O3/c1-3-11(14)13(18)15-6-4-5-10(8-15)9(2)7-12(16)17/h9-11H,3-8,14H2,1-2H3,(H,16,17). The Morgan fingerprint density at radius 1 is 1.50 bits per heavy atom. The van der Waals surface area contributed by atoms with E-state index >= 15 is 0 Å². The van der Waals surface area contributed by atoms with Gasteiger partial charge in [-0.1, -0.05) is 13.8 Å². The van der Waals surface area contributed by atoms with Crippen LogP contribution in [0.1, 0.15) is 39.5 Å². The van der Waals surface area contributed by atoms with Crippen LogP contribution < -0.4 is 5.73 Å². The van der Waals surface area contributed by atoms with Crippen LogP contribution in [0.25, 0.3) is 0 Å². The Morgan fingerprint density at radius 2 is 2.17 bits per heavy atom. The van der Waals surface area contributed by atoms with Crippen LogP contribution in [0, 0.1) is 11.8 Å². The molecule has 0 saturated carbocycles. The lowest BCUT2D eigenvalue weighted by Crippen LogP contribution is -2.48. The Bertz CT molecular complexity index is 307. The van der Waals surface area contributed by atoms with Gasteiger partial charge in [-0.2, -0.15) is 0 Å². The van der Waals surface area contributed by atoms with Gasteiger partial charge in [0, 0.05) is 19.5 Å². The van der Waals surface area contributed by atoms with Crippen LogP contribution in [0.3, 0.4) is 0 Å². The van der Waals surface area contributed by atoms with Gasteiger partial charge in [0.2, 0.25) is 5.91 Å². The van der Waals surface area contributed by atoms with Gasteiger partial charge in [0.15, 0.2) is 0 Å². The van der Waals surface area contributed by atoms with Crippen molar-refractivity contribution >= 4 is 11.9 Å². The van der Waals surface area contributed by atoms with Gasteiger partial charge in [0.25, 0.3) is 0 Å². The van der Waals surface area contributed by atoms with E-state index in [-0.39, 0.29) is 24.2 Å². The molecule has 1 heterocycles. The number of hydrogen-bond acceptors (Lipinski definition) is 3. The van der Waals surface area contributed by atoms with Gasteiger partial charge in [0.1, 0.15) is 0 Å². The molecule has 1 aliphatic heterocycles. The Morgan fingerprint density at radius 3 is 2.72 bits per heavy atom. The first-order valence-electron chi connectivity index (χ1n) is 6.71. The highest BCUT2D eigenvalue weighted by atomic mass is 16.4.